The topological polar surface area (TPSA) is 63.6 Å². The van der Waals surface area contributed by atoms with E-state index in [1.54, 1.807) is 6.92 Å². The molecule has 0 aromatic carbocycles. The number of cyclic esters (lactones) is 1. The minimum absolute atomic E-state index is 0.0352. The minimum Gasteiger partial charge on any atom is -0.481 e. The Morgan fingerprint density at radius 1 is 1.83 bits per heavy atom. The molecule has 1 fully saturated rings. The Hall–Kier alpha value is -0.710. The summed E-state index contributed by atoms with van der Waals surface area (Å²) in [5, 5.41) is 8.07. The van der Waals surface area contributed by atoms with Crippen molar-refractivity contribution in [2.75, 3.05) is 5.75 Å². The lowest BCUT2D eigenvalue weighted by Crippen LogP contribution is -2.12. The van der Waals surface area contributed by atoms with Crippen LogP contribution in [0, 0.1) is 0 Å². The van der Waals surface area contributed by atoms with Gasteiger partial charge in [0.2, 0.25) is 0 Å². The Kier molecular flexibility index (Phi) is 2.97. The highest BCUT2D eigenvalue weighted by atomic mass is 32.2. The van der Waals surface area contributed by atoms with Crippen LogP contribution in [0.1, 0.15) is 13.3 Å². The molecule has 0 bridgehead atoms. The van der Waals surface area contributed by atoms with Crippen LogP contribution in [0.4, 0.5) is 0 Å². The molecule has 1 N–H and O–H groups in total. The Bertz CT molecular complexity index is 204. The van der Waals surface area contributed by atoms with E-state index in [2.05, 4.69) is 0 Å². The van der Waals surface area contributed by atoms with Gasteiger partial charge in [-0.3, -0.25) is 9.59 Å². The van der Waals surface area contributed by atoms with Gasteiger partial charge in [-0.05, 0) is 6.92 Å². The van der Waals surface area contributed by atoms with Crippen LogP contribution in [0.5, 0.6) is 0 Å². The lowest BCUT2D eigenvalue weighted by Gasteiger charge is -2.00. The number of carboxylic acids is 1. The molecule has 5 heteroatoms. The summed E-state index contributed by atoms with van der Waals surface area (Å²) in [6.07, 6.45) is 0.556. The maximum absolute atomic E-state index is 11.0. The van der Waals surface area contributed by atoms with Crippen molar-refractivity contribution in [3.8, 4) is 0 Å². The normalized spacial score (nSPS) is 28.6. The first-order valence-electron chi connectivity index (χ1n) is 3.63. The number of ether oxygens (including phenoxy) is 1. The molecule has 0 spiro atoms. The third-order valence-electron chi connectivity index (χ3n) is 1.53. The molecule has 1 rings (SSSR count). The van der Waals surface area contributed by atoms with Crippen LogP contribution in [-0.2, 0) is 14.3 Å². The van der Waals surface area contributed by atoms with Crippen molar-refractivity contribution in [2.24, 2.45) is 0 Å². The van der Waals surface area contributed by atoms with Crippen molar-refractivity contribution in [2.45, 2.75) is 24.7 Å². The summed E-state index contributed by atoms with van der Waals surface area (Å²) in [6.45, 7) is 1.80. The molecule has 1 saturated heterocycles. The number of carboxylic acid groups (broad SMARTS) is 1. The van der Waals surface area contributed by atoms with E-state index in [4.69, 9.17) is 9.84 Å². The SMILES string of the molecule is C[C@H]1C[C@H](SCC(=O)O)C(=O)O1. The minimum atomic E-state index is -0.896. The second-order valence-corrected chi connectivity index (χ2v) is 3.87. The van der Waals surface area contributed by atoms with Crippen molar-refractivity contribution < 1.29 is 19.4 Å². The van der Waals surface area contributed by atoms with Gasteiger partial charge in [0.1, 0.15) is 11.4 Å². The van der Waals surface area contributed by atoms with E-state index >= 15 is 0 Å². The molecule has 0 saturated carbocycles. The Balaban J connectivity index is 2.33. The zero-order valence-corrected chi connectivity index (χ0v) is 7.47. The third kappa shape index (κ3) is 2.41. The standard InChI is InChI=1S/C7H10O4S/c1-4-2-5(7(10)11-4)12-3-6(8)9/h4-5H,2-3H2,1H3,(H,8,9)/t4-,5-/m0/s1. The number of carbonyl (C=O) groups is 2. The molecule has 0 aliphatic carbocycles. The van der Waals surface area contributed by atoms with Crippen LogP contribution in [0.3, 0.4) is 0 Å². The average Bonchev–Trinajstić information content (AvgIpc) is 2.26. The third-order valence-corrected chi connectivity index (χ3v) is 2.74. The number of aliphatic carboxylic acids is 1. The maximum Gasteiger partial charge on any atom is 0.319 e. The quantitative estimate of drug-likeness (QED) is 0.657. The number of hydrogen-bond donors (Lipinski definition) is 1. The first-order chi connectivity index (χ1) is 5.59. The van der Waals surface area contributed by atoms with E-state index in [9.17, 15) is 9.59 Å². The molecular formula is C7H10O4S. The highest BCUT2D eigenvalue weighted by molar-refractivity contribution is 8.01. The monoisotopic (exact) mass is 190 g/mol. The summed E-state index contributed by atoms with van der Waals surface area (Å²) < 4.78 is 4.85. The molecule has 4 nitrogen and oxygen atoms in total. The zero-order chi connectivity index (χ0) is 9.14. The van der Waals surface area contributed by atoms with Crippen molar-refractivity contribution in [3.63, 3.8) is 0 Å². The van der Waals surface area contributed by atoms with Gasteiger partial charge in [-0.2, -0.15) is 0 Å². The number of rotatable bonds is 3. The molecular weight excluding hydrogens is 180 g/mol. The van der Waals surface area contributed by atoms with Gasteiger partial charge in [-0.25, -0.2) is 0 Å². The van der Waals surface area contributed by atoms with E-state index in [1.807, 2.05) is 0 Å². The first kappa shape index (κ1) is 9.38. The van der Waals surface area contributed by atoms with Crippen LogP contribution in [0.2, 0.25) is 0 Å². The zero-order valence-electron chi connectivity index (χ0n) is 6.65. The summed E-state index contributed by atoms with van der Waals surface area (Å²) in [4.78, 5) is 21.1. The second-order valence-electron chi connectivity index (χ2n) is 2.68. The molecule has 1 heterocycles. The Morgan fingerprint density at radius 2 is 2.50 bits per heavy atom. The van der Waals surface area contributed by atoms with Gasteiger partial charge in [-0.1, -0.05) is 0 Å². The lowest BCUT2D eigenvalue weighted by atomic mass is 10.3. The van der Waals surface area contributed by atoms with Gasteiger partial charge >= 0.3 is 11.9 Å². The van der Waals surface area contributed by atoms with Crippen molar-refractivity contribution in [1.82, 2.24) is 0 Å². The van der Waals surface area contributed by atoms with Crippen LogP contribution in [0.25, 0.3) is 0 Å². The highest BCUT2D eigenvalue weighted by Gasteiger charge is 2.32. The van der Waals surface area contributed by atoms with Crippen LogP contribution in [0.15, 0.2) is 0 Å². The number of esters is 1. The van der Waals surface area contributed by atoms with Gasteiger partial charge in [0.15, 0.2) is 0 Å². The summed E-state index contributed by atoms with van der Waals surface area (Å²) in [5.41, 5.74) is 0. The second kappa shape index (κ2) is 3.80. The first-order valence-corrected chi connectivity index (χ1v) is 4.68. The predicted molar refractivity (Wildman–Crippen MR) is 44.1 cm³/mol. The van der Waals surface area contributed by atoms with Gasteiger partial charge in [-0.15, -0.1) is 11.8 Å². The predicted octanol–water partition coefficient (Wildman–Crippen LogP) is 0.508. The Morgan fingerprint density at radius 3 is 2.92 bits per heavy atom. The molecule has 2 atom stereocenters. The fourth-order valence-corrected chi connectivity index (χ4v) is 1.97. The number of carbonyl (C=O) groups excluding carboxylic acids is 1. The molecule has 0 radical (unpaired) electrons. The summed E-state index contributed by atoms with van der Waals surface area (Å²) in [5.74, 6) is -1.21. The van der Waals surface area contributed by atoms with Crippen LogP contribution < -0.4 is 0 Å². The fraction of sp³-hybridized carbons (Fsp3) is 0.714. The molecule has 0 aromatic heterocycles. The molecule has 1 aliphatic rings. The largest absolute Gasteiger partial charge is 0.481 e. The maximum atomic E-state index is 11.0. The van der Waals surface area contributed by atoms with E-state index in [0.29, 0.717) is 6.42 Å². The lowest BCUT2D eigenvalue weighted by molar-refractivity contribution is -0.140. The van der Waals surface area contributed by atoms with E-state index in [1.165, 1.54) is 0 Å². The van der Waals surface area contributed by atoms with Gasteiger partial charge in [0.25, 0.3) is 0 Å². The van der Waals surface area contributed by atoms with Crippen molar-refractivity contribution in [3.05, 3.63) is 0 Å². The van der Waals surface area contributed by atoms with Gasteiger partial charge < -0.3 is 9.84 Å². The summed E-state index contributed by atoms with van der Waals surface area (Å²) in [6, 6.07) is 0. The van der Waals surface area contributed by atoms with E-state index in [-0.39, 0.29) is 23.1 Å². The number of hydrogen-bond acceptors (Lipinski definition) is 4. The Labute approximate surface area is 74.3 Å². The van der Waals surface area contributed by atoms with Gasteiger partial charge in [0, 0.05) is 6.42 Å². The summed E-state index contributed by atoms with van der Waals surface area (Å²) in [7, 11) is 0. The van der Waals surface area contributed by atoms with E-state index < -0.39 is 5.97 Å². The highest BCUT2D eigenvalue weighted by Crippen LogP contribution is 2.25. The van der Waals surface area contributed by atoms with Gasteiger partial charge in [0.05, 0.1) is 5.75 Å². The van der Waals surface area contributed by atoms with Crippen molar-refractivity contribution >= 4 is 23.7 Å². The average molecular weight is 190 g/mol. The molecule has 12 heavy (non-hydrogen) atoms. The molecule has 1 aliphatic heterocycles. The molecule has 0 amide bonds. The number of thioether (sulfide) groups is 1. The van der Waals surface area contributed by atoms with Crippen LogP contribution >= 0.6 is 11.8 Å². The molecule has 0 unspecified atom stereocenters. The smallest absolute Gasteiger partial charge is 0.319 e. The van der Waals surface area contributed by atoms with Crippen molar-refractivity contribution in [1.29, 1.82) is 0 Å². The summed E-state index contributed by atoms with van der Waals surface area (Å²) >= 11 is 1.13. The molecule has 0 aromatic rings. The van der Waals surface area contributed by atoms with Crippen LogP contribution in [-0.4, -0.2) is 34.2 Å². The molecule has 68 valence electrons. The van der Waals surface area contributed by atoms with E-state index in [0.717, 1.165) is 11.8 Å². The fourth-order valence-electron chi connectivity index (χ4n) is 1.03.